The number of Topliss-reactive ketones (excluding diaryl/α,β-unsaturated/α-hetero) is 1. The summed E-state index contributed by atoms with van der Waals surface area (Å²) in [5.41, 5.74) is 1.06. The topological polar surface area (TPSA) is 159 Å². The van der Waals surface area contributed by atoms with Gasteiger partial charge in [0.05, 0.1) is 11.9 Å². The fraction of sp³-hybridized carbons (Fsp3) is 0.290. The maximum Gasteiger partial charge on any atom is 0.250 e. The van der Waals surface area contributed by atoms with Crippen LogP contribution in [0.1, 0.15) is 43.9 Å². The zero-order valence-corrected chi connectivity index (χ0v) is 27.1. The van der Waals surface area contributed by atoms with Crippen molar-refractivity contribution in [2.75, 3.05) is 21.6 Å². The molecule has 5 rings (SSSR count). The molecule has 45 heavy (non-hydrogen) atoms. The molecule has 3 aromatic rings. The number of anilines is 2. The van der Waals surface area contributed by atoms with Crippen LogP contribution >= 0.6 is 11.6 Å². The molecule has 2 aliphatic rings. The molecular formula is C31H32ClN3O8S2. The van der Waals surface area contributed by atoms with E-state index in [1.54, 1.807) is 16.9 Å². The molecule has 3 aromatic carbocycles. The van der Waals surface area contributed by atoms with Crippen molar-refractivity contribution < 1.29 is 36.3 Å². The van der Waals surface area contributed by atoms with Crippen LogP contribution in [0.2, 0.25) is 5.02 Å². The molecule has 0 radical (unpaired) electrons. The highest BCUT2D eigenvalue weighted by Gasteiger charge is 2.46. The van der Waals surface area contributed by atoms with E-state index in [1.807, 2.05) is 44.2 Å². The number of carbonyl (C=O) groups excluding carboxylic acids is 2. The Kier molecular flexibility index (Phi) is 8.64. The number of carbonyl (C=O) groups is 2. The van der Waals surface area contributed by atoms with Crippen LogP contribution in [0.4, 0.5) is 11.4 Å². The largest absolute Gasteiger partial charge is 0.506 e. The van der Waals surface area contributed by atoms with E-state index in [0.29, 0.717) is 17.9 Å². The van der Waals surface area contributed by atoms with Crippen molar-refractivity contribution in [1.29, 1.82) is 0 Å². The number of fused-ring (bicyclic) bond motifs is 1. The van der Waals surface area contributed by atoms with Crippen LogP contribution in [0.25, 0.3) is 0 Å². The summed E-state index contributed by atoms with van der Waals surface area (Å²) in [6.45, 7) is 4.05. The standard InChI is InChI=1S/C31H32ClN3O8S2/c1-31(2)15-23-28(26(37)16-31)30(21-13-12-20(14-22(21)32)43-17-19-8-5-4-6-9-19)35(24-10-7-11-25(36)29(24)33-23)45(41,42)18-27(38)34-44(3,39)40/h4-14,30,33,36H,15-18H2,1-3H3,(H,34,38). The number of hydrogen-bond donors (Lipinski definition) is 3. The zero-order valence-electron chi connectivity index (χ0n) is 24.7. The molecule has 11 nitrogen and oxygen atoms in total. The van der Waals surface area contributed by atoms with E-state index in [9.17, 15) is 31.5 Å². The third kappa shape index (κ3) is 7.10. The Morgan fingerprint density at radius 1 is 1.07 bits per heavy atom. The number of aromatic hydroxyl groups is 1. The molecule has 1 aliphatic heterocycles. The highest BCUT2D eigenvalue weighted by atomic mass is 35.5. The monoisotopic (exact) mass is 673 g/mol. The molecule has 0 saturated carbocycles. The van der Waals surface area contributed by atoms with Crippen molar-refractivity contribution >= 4 is 54.7 Å². The van der Waals surface area contributed by atoms with Crippen molar-refractivity contribution in [2.24, 2.45) is 5.41 Å². The van der Waals surface area contributed by atoms with Crippen molar-refractivity contribution in [3.63, 3.8) is 0 Å². The highest BCUT2D eigenvalue weighted by Crippen LogP contribution is 2.52. The van der Waals surface area contributed by atoms with Crippen LogP contribution in [0.5, 0.6) is 11.5 Å². The fourth-order valence-corrected chi connectivity index (χ4v) is 8.02. The number of phenols is 1. The van der Waals surface area contributed by atoms with E-state index in [4.69, 9.17) is 16.3 Å². The second-order valence-corrected chi connectivity index (χ2v) is 15.8. The maximum absolute atomic E-state index is 14.2. The molecule has 14 heteroatoms. The van der Waals surface area contributed by atoms with Gasteiger partial charge in [0.25, 0.3) is 5.91 Å². The Balaban J connectivity index is 1.69. The van der Waals surface area contributed by atoms with Crippen molar-refractivity contribution in [3.8, 4) is 11.5 Å². The van der Waals surface area contributed by atoms with Crippen LogP contribution in [-0.4, -0.2) is 45.6 Å². The second kappa shape index (κ2) is 12.0. The third-order valence-electron chi connectivity index (χ3n) is 7.39. The Hall–Kier alpha value is -4.07. The van der Waals surface area contributed by atoms with Crippen molar-refractivity contribution in [2.45, 2.75) is 39.3 Å². The number of hydrogen-bond acceptors (Lipinski definition) is 9. The number of benzene rings is 3. The Morgan fingerprint density at radius 3 is 2.44 bits per heavy atom. The van der Waals surface area contributed by atoms with Crippen LogP contribution in [-0.2, 0) is 36.2 Å². The predicted molar refractivity (Wildman–Crippen MR) is 171 cm³/mol. The molecule has 0 spiro atoms. The van der Waals surface area contributed by atoms with Crippen molar-refractivity contribution in [1.82, 2.24) is 4.72 Å². The van der Waals surface area contributed by atoms with Gasteiger partial charge in [0.2, 0.25) is 20.0 Å². The quantitative estimate of drug-likeness (QED) is 0.290. The number of allylic oxidation sites excluding steroid dienone is 1. The van der Waals surface area contributed by atoms with Gasteiger partial charge in [0, 0.05) is 22.7 Å². The summed E-state index contributed by atoms with van der Waals surface area (Å²) >= 11 is 6.84. The summed E-state index contributed by atoms with van der Waals surface area (Å²) < 4.78 is 60.3. The van der Waals surface area contributed by atoms with Gasteiger partial charge in [-0.05, 0) is 47.2 Å². The molecule has 0 bridgehead atoms. The minimum atomic E-state index is -4.75. The van der Waals surface area contributed by atoms with Crippen LogP contribution in [0.15, 0.2) is 78.0 Å². The lowest BCUT2D eigenvalue weighted by Gasteiger charge is -2.37. The van der Waals surface area contributed by atoms with E-state index in [2.05, 4.69) is 5.32 Å². The maximum atomic E-state index is 14.2. The Bertz CT molecular complexity index is 1930. The predicted octanol–water partition coefficient (Wildman–Crippen LogP) is 4.65. The summed E-state index contributed by atoms with van der Waals surface area (Å²) in [5.74, 6) is -2.83. The average molecular weight is 674 g/mol. The first-order chi connectivity index (χ1) is 21.0. The summed E-state index contributed by atoms with van der Waals surface area (Å²) in [7, 11) is -8.83. The number of rotatable bonds is 8. The van der Waals surface area contributed by atoms with Crippen LogP contribution in [0.3, 0.4) is 0 Å². The molecule has 1 heterocycles. The zero-order chi connectivity index (χ0) is 32.7. The van der Waals surface area contributed by atoms with E-state index in [1.165, 1.54) is 24.3 Å². The van der Waals surface area contributed by atoms with Crippen LogP contribution < -0.4 is 19.1 Å². The Morgan fingerprint density at radius 2 is 1.78 bits per heavy atom. The number of sulfonamides is 2. The molecule has 0 fully saturated rings. The summed E-state index contributed by atoms with van der Waals surface area (Å²) in [6.07, 6.45) is 1.14. The minimum Gasteiger partial charge on any atom is -0.506 e. The molecule has 1 amide bonds. The first-order valence-corrected chi connectivity index (χ1v) is 17.8. The first kappa shape index (κ1) is 32.3. The number of nitrogens with one attached hydrogen (secondary N) is 2. The van der Waals surface area contributed by atoms with Gasteiger partial charge in [-0.15, -0.1) is 0 Å². The summed E-state index contributed by atoms with van der Waals surface area (Å²) in [5, 5.41) is 14.1. The average Bonchev–Trinajstić information content (AvgIpc) is 3.06. The number of halogens is 1. The molecule has 0 saturated heterocycles. The third-order valence-corrected chi connectivity index (χ3v) is 9.95. The van der Waals surface area contributed by atoms with Gasteiger partial charge in [-0.1, -0.05) is 67.9 Å². The summed E-state index contributed by atoms with van der Waals surface area (Å²) in [4.78, 5) is 26.6. The van der Waals surface area contributed by atoms with Gasteiger partial charge in [-0.3, -0.25) is 18.6 Å². The molecule has 1 aliphatic carbocycles. The van der Waals surface area contributed by atoms with Crippen molar-refractivity contribution in [3.05, 3.63) is 94.1 Å². The van der Waals surface area contributed by atoms with Gasteiger partial charge >= 0.3 is 0 Å². The lowest BCUT2D eigenvalue weighted by Crippen LogP contribution is -2.44. The molecule has 0 aromatic heterocycles. The first-order valence-electron chi connectivity index (χ1n) is 13.9. The van der Waals surface area contributed by atoms with Gasteiger partial charge in [-0.2, -0.15) is 0 Å². The molecule has 1 unspecified atom stereocenters. The molecular weight excluding hydrogens is 642 g/mol. The fourth-order valence-electron chi connectivity index (χ4n) is 5.63. The lowest BCUT2D eigenvalue weighted by atomic mass is 9.73. The van der Waals surface area contributed by atoms with Gasteiger partial charge in [0.1, 0.15) is 35.6 Å². The summed E-state index contributed by atoms with van der Waals surface area (Å²) in [6, 6.07) is 16.9. The van der Waals surface area contributed by atoms with E-state index in [-0.39, 0.29) is 52.1 Å². The smallest absolute Gasteiger partial charge is 0.250 e. The molecule has 3 N–H and O–H groups in total. The van der Waals surface area contributed by atoms with E-state index in [0.717, 1.165) is 16.1 Å². The van der Waals surface area contributed by atoms with E-state index < -0.39 is 43.2 Å². The minimum absolute atomic E-state index is 0.00373. The number of amides is 1. The number of nitrogens with zero attached hydrogens (tertiary/aromatic N) is 1. The van der Waals surface area contributed by atoms with E-state index >= 15 is 0 Å². The molecule has 1 atom stereocenters. The number of ketones is 1. The Labute approximate surface area is 267 Å². The number of para-hydroxylation sites is 1. The second-order valence-electron chi connectivity index (χ2n) is 11.8. The van der Waals surface area contributed by atoms with Gasteiger partial charge in [0.15, 0.2) is 5.78 Å². The normalized spacial score (nSPS) is 17.9. The highest BCUT2D eigenvalue weighted by molar-refractivity contribution is 7.94. The lowest BCUT2D eigenvalue weighted by molar-refractivity contribution is -0.118. The van der Waals surface area contributed by atoms with Crippen LogP contribution in [0, 0.1) is 5.41 Å². The van der Waals surface area contributed by atoms with Gasteiger partial charge in [-0.25, -0.2) is 16.8 Å². The van der Waals surface area contributed by atoms with Gasteiger partial charge < -0.3 is 15.2 Å². The molecule has 238 valence electrons. The SMILES string of the molecule is CC1(C)CC(=O)C2=C(C1)Nc1c(O)cccc1N(S(=O)(=O)CC(=O)NS(C)(=O)=O)C2c1ccc(OCc2ccccc2)cc1Cl. The number of ether oxygens (including phenoxy) is 1. The number of phenolic OH excluding ortho intramolecular Hbond substituents is 1.